The summed E-state index contributed by atoms with van der Waals surface area (Å²) in [5, 5.41) is 3.99. The largest absolute Gasteiger partial charge is 0.465 e. The summed E-state index contributed by atoms with van der Waals surface area (Å²) in [7, 11) is 1.37. The summed E-state index contributed by atoms with van der Waals surface area (Å²) >= 11 is 1.61. The lowest BCUT2D eigenvalue weighted by Gasteiger charge is -2.11. The summed E-state index contributed by atoms with van der Waals surface area (Å²) in [4.78, 5) is 11.4. The summed E-state index contributed by atoms with van der Waals surface area (Å²) < 4.78 is 4.68. The van der Waals surface area contributed by atoms with Crippen molar-refractivity contribution in [2.24, 2.45) is 5.73 Å². The molecule has 0 amide bonds. The summed E-state index contributed by atoms with van der Waals surface area (Å²) in [6.45, 7) is 0. The van der Waals surface area contributed by atoms with Crippen LogP contribution in [-0.2, 0) is 4.74 Å². The van der Waals surface area contributed by atoms with Crippen LogP contribution >= 0.6 is 23.7 Å². The average molecular weight is 284 g/mol. The molecule has 0 unspecified atom stereocenters. The third-order valence-electron chi connectivity index (χ3n) is 2.57. The highest BCUT2D eigenvalue weighted by molar-refractivity contribution is 7.08. The molecule has 1 aromatic heterocycles. The number of hydrogen-bond donors (Lipinski definition) is 1. The second-order valence-electron chi connectivity index (χ2n) is 3.65. The number of esters is 1. The van der Waals surface area contributed by atoms with Crippen LogP contribution in [0.1, 0.15) is 27.5 Å². The fraction of sp³-hybridized carbons (Fsp3) is 0.154. The van der Waals surface area contributed by atoms with Gasteiger partial charge in [-0.15, -0.1) is 12.4 Å². The molecular weight excluding hydrogens is 270 g/mol. The van der Waals surface area contributed by atoms with E-state index in [1.165, 1.54) is 7.11 Å². The van der Waals surface area contributed by atoms with Gasteiger partial charge >= 0.3 is 5.97 Å². The number of rotatable bonds is 3. The maximum atomic E-state index is 11.4. The third kappa shape index (κ3) is 3.10. The molecule has 0 saturated carbocycles. The first-order valence-electron chi connectivity index (χ1n) is 5.18. The van der Waals surface area contributed by atoms with E-state index in [4.69, 9.17) is 5.73 Å². The van der Waals surface area contributed by atoms with E-state index in [-0.39, 0.29) is 24.4 Å². The molecule has 0 fully saturated rings. The number of carbonyl (C=O) groups excluding carboxylic acids is 1. The van der Waals surface area contributed by atoms with Crippen LogP contribution < -0.4 is 5.73 Å². The Bertz CT molecular complexity index is 513. The van der Waals surface area contributed by atoms with Gasteiger partial charge in [-0.2, -0.15) is 11.3 Å². The summed E-state index contributed by atoms with van der Waals surface area (Å²) in [6, 6.07) is 9.00. The lowest BCUT2D eigenvalue weighted by molar-refractivity contribution is 0.0600. The number of nitrogens with two attached hydrogens (primary N) is 1. The number of methoxy groups -OCH3 is 1. The van der Waals surface area contributed by atoms with Crippen LogP contribution in [0.3, 0.4) is 0 Å². The van der Waals surface area contributed by atoms with E-state index in [0.29, 0.717) is 5.56 Å². The van der Waals surface area contributed by atoms with Crippen molar-refractivity contribution >= 4 is 29.7 Å². The second kappa shape index (κ2) is 6.54. The van der Waals surface area contributed by atoms with Crippen LogP contribution in [-0.4, -0.2) is 13.1 Å². The highest BCUT2D eigenvalue weighted by Gasteiger charge is 2.12. The lowest BCUT2D eigenvalue weighted by atomic mass is 10.0. The zero-order valence-electron chi connectivity index (χ0n) is 9.83. The molecule has 0 spiro atoms. The topological polar surface area (TPSA) is 52.3 Å². The van der Waals surface area contributed by atoms with Crippen LogP contribution in [0, 0.1) is 0 Å². The molecule has 3 nitrogen and oxygen atoms in total. The first-order valence-corrected chi connectivity index (χ1v) is 6.12. The standard InChI is InChI=1S/C13H13NO2S.ClH/c1-16-13(15)10-4-2-3-9(7-10)12(14)11-5-6-17-8-11;/h2-8,12H,14H2,1H3;1H/t12-;/m1./s1. The van der Waals surface area contributed by atoms with Gasteiger partial charge in [-0.1, -0.05) is 12.1 Å². The highest BCUT2D eigenvalue weighted by Crippen LogP contribution is 2.22. The molecule has 1 atom stereocenters. The molecule has 0 saturated heterocycles. The van der Waals surface area contributed by atoms with E-state index < -0.39 is 0 Å². The molecule has 18 heavy (non-hydrogen) atoms. The van der Waals surface area contributed by atoms with E-state index in [2.05, 4.69) is 4.74 Å². The Hall–Kier alpha value is -1.36. The Morgan fingerprint density at radius 1 is 1.33 bits per heavy atom. The fourth-order valence-corrected chi connectivity index (χ4v) is 2.32. The van der Waals surface area contributed by atoms with Gasteiger partial charge in [0.25, 0.3) is 0 Å². The van der Waals surface area contributed by atoms with E-state index in [0.717, 1.165) is 11.1 Å². The molecule has 2 rings (SSSR count). The highest BCUT2D eigenvalue weighted by atomic mass is 35.5. The first kappa shape index (κ1) is 14.7. The normalized spacial score (nSPS) is 11.4. The molecule has 5 heteroatoms. The maximum Gasteiger partial charge on any atom is 0.337 e. The lowest BCUT2D eigenvalue weighted by Crippen LogP contribution is -2.12. The first-order chi connectivity index (χ1) is 8.22. The minimum atomic E-state index is -0.343. The van der Waals surface area contributed by atoms with Gasteiger partial charge in [0, 0.05) is 0 Å². The van der Waals surface area contributed by atoms with Gasteiger partial charge in [-0.05, 0) is 40.1 Å². The molecule has 0 aliphatic rings. The zero-order valence-corrected chi connectivity index (χ0v) is 11.5. The van der Waals surface area contributed by atoms with E-state index in [1.807, 2.05) is 29.0 Å². The van der Waals surface area contributed by atoms with Gasteiger partial charge in [-0.25, -0.2) is 4.79 Å². The van der Waals surface area contributed by atoms with Crippen LogP contribution in [0.5, 0.6) is 0 Å². The van der Waals surface area contributed by atoms with Crippen LogP contribution in [0.15, 0.2) is 41.1 Å². The van der Waals surface area contributed by atoms with Crippen molar-refractivity contribution in [2.75, 3.05) is 7.11 Å². The van der Waals surface area contributed by atoms with Crippen molar-refractivity contribution in [3.63, 3.8) is 0 Å². The Kier molecular flexibility index (Phi) is 5.34. The molecule has 0 aliphatic heterocycles. The van der Waals surface area contributed by atoms with Gasteiger partial charge < -0.3 is 10.5 Å². The quantitative estimate of drug-likeness (QED) is 0.881. The maximum absolute atomic E-state index is 11.4. The number of halogens is 1. The van der Waals surface area contributed by atoms with Crippen molar-refractivity contribution < 1.29 is 9.53 Å². The smallest absolute Gasteiger partial charge is 0.337 e. The van der Waals surface area contributed by atoms with Crippen LogP contribution in [0.4, 0.5) is 0 Å². The van der Waals surface area contributed by atoms with Gasteiger partial charge in [-0.3, -0.25) is 0 Å². The Morgan fingerprint density at radius 3 is 2.72 bits per heavy atom. The molecule has 2 N–H and O–H groups in total. The van der Waals surface area contributed by atoms with Crippen molar-refractivity contribution in [3.05, 3.63) is 57.8 Å². The fourth-order valence-electron chi connectivity index (χ4n) is 1.62. The number of thiophene rings is 1. The molecule has 0 aliphatic carbocycles. The predicted molar refractivity (Wildman–Crippen MR) is 75.4 cm³/mol. The third-order valence-corrected chi connectivity index (χ3v) is 3.27. The Labute approximate surface area is 116 Å². The van der Waals surface area contributed by atoms with Gasteiger partial charge in [0.15, 0.2) is 0 Å². The number of ether oxygens (including phenoxy) is 1. The van der Waals surface area contributed by atoms with Crippen LogP contribution in [0.25, 0.3) is 0 Å². The predicted octanol–water partition coefficient (Wildman–Crippen LogP) is 3.00. The average Bonchev–Trinajstić information content (AvgIpc) is 2.91. The molecule has 1 aromatic carbocycles. The zero-order chi connectivity index (χ0) is 12.3. The molecule has 0 radical (unpaired) electrons. The van der Waals surface area contributed by atoms with Crippen LogP contribution in [0.2, 0.25) is 0 Å². The van der Waals surface area contributed by atoms with Crippen molar-refractivity contribution in [1.82, 2.24) is 0 Å². The van der Waals surface area contributed by atoms with E-state index in [1.54, 1.807) is 23.5 Å². The summed E-state index contributed by atoms with van der Waals surface area (Å²) in [6.07, 6.45) is 0. The number of carbonyl (C=O) groups is 1. The molecule has 96 valence electrons. The molecule has 2 aromatic rings. The summed E-state index contributed by atoms with van der Waals surface area (Å²) in [5.41, 5.74) is 8.61. The number of benzene rings is 1. The van der Waals surface area contributed by atoms with E-state index >= 15 is 0 Å². The molecule has 1 heterocycles. The van der Waals surface area contributed by atoms with Crippen molar-refractivity contribution in [3.8, 4) is 0 Å². The van der Waals surface area contributed by atoms with Gasteiger partial charge in [0.2, 0.25) is 0 Å². The Balaban J connectivity index is 0.00000162. The minimum absolute atomic E-state index is 0. The van der Waals surface area contributed by atoms with Crippen molar-refractivity contribution in [1.29, 1.82) is 0 Å². The van der Waals surface area contributed by atoms with Gasteiger partial charge in [0.05, 0.1) is 18.7 Å². The molecule has 0 bridgehead atoms. The minimum Gasteiger partial charge on any atom is -0.465 e. The number of hydrogen-bond acceptors (Lipinski definition) is 4. The van der Waals surface area contributed by atoms with E-state index in [9.17, 15) is 4.79 Å². The Morgan fingerprint density at radius 2 is 2.11 bits per heavy atom. The summed E-state index contributed by atoms with van der Waals surface area (Å²) in [5.74, 6) is -0.343. The van der Waals surface area contributed by atoms with Gasteiger partial charge in [0.1, 0.15) is 0 Å². The van der Waals surface area contributed by atoms with Crippen molar-refractivity contribution in [2.45, 2.75) is 6.04 Å². The molecular formula is C13H14ClNO2S. The monoisotopic (exact) mass is 283 g/mol. The second-order valence-corrected chi connectivity index (χ2v) is 4.43. The SMILES string of the molecule is COC(=O)c1cccc([C@@H](N)c2ccsc2)c1.Cl.